The molecule has 8 heteroatoms. The van der Waals surface area contributed by atoms with Crippen molar-refractivity contribution < 1.29 is 9.52 Å². The summed E-state index contributed by atoms with van der Waals surface area (Å²) >= 11 is 1.63. The van der Waals surface area contributed by atoms with Crippen molar-refractivity contribution in [1.29, 1.82) is 0 Å². The Kier molecular flexibility index (Phi) is 3.28. The summed E-state index contributed by atoms with van der Waals surface area (Å²) in [6, 6.07) is 3.63. The van der Waals surface area contributed by atoms with Crippen molar-refractivity contribution >= 4 is 33.1 Å². The molecule has 0 unspecified atom stereocenters. The number of hydrogen-bond acceptors (Lipinski definition) is 7. The van der Waals surface area contributed by atoms with Crippen LogP contribution < -0.4 is 5.32 Å². The quantitative estimate of drug-likeness (QED) is 0.598. The minimum absolute atomic E-state index is 0.0173. The number of aryl methyl sites for hydroxylation is 2. The van der Waals surface area contributed by atoms with Crippen LogP contribution in [0.4, 0.5) is 5.95 Å². The largest absolute Gasteiger partial charge is 0.461 e. The monoisotopic (exact) mass is 329 g/mol. The van der Waals surface area contributed by atoms with E-state index in [4.69, 9.17) is 9.52 Å². The van der Waals surface area contributed by atoms with E-state index in [0.29, 0.717) is 24.1 Å². The molecule has 4 aromatic heterocycles. The van der Waals surface area contributed by atoms with E-state index in [-0.39, 0.29) is 6.61 Å². The smallest absolute Gasteiger partial charge is 0.227 e. The highest BCUT2D eigenvalue weighted by atomic mass is 32.1. The summed E-state index contributed by atoms with van der Waals surface area (Å²) in [5, 5.41) is 17.7. The highest BCUT2D eigenvalue weighted by Crippen LogP contribution is 2.33. The molecule has 0 bridgehead atoms. The average Bonchev–Trinajstić information content (AvgIpc) is 3.24. The first-order valence-corrected chi connectivity index (χ1v) is 8.05. The molecular formula is C15H15N5O2S. The van der Waals surface area contributed by atoms with Gasteiger partial charge in [-0.1, -0.05) is 0 Å². The van der Waals surface area contributed by atoms with Crippen molar-refractivity contribution in [2.45, 2.75) is 13.8 Å². The van der Waals surface area contributed by atoms with E-state index >= 15 is 0 Å². The number of furan rings is 1. The summed E-state index contributed by atoms with van der Waals surface area (Å²) in [5.74, 6) is 1.69. The fraction of sp³-hybridized carbons (Fsp3) is 0.267. The Bertz CT molecular complexity index is 987. The van der Waals surface area contributed by atoms with Gasteiger partial charge in [-0.25, -0.2) is 9.97 Å². The molecule has 0 saturated carbocycles. The Morgan fingerprint density at radius 3 is 2.96 bits per heavy atom. The van der Waals surface area contributed by atoms with E-state index in [1.165, 1.54) is 4.88 Å². The maximum absolute atomic E-state index is 9.07. The van der Waals surface area contributed by atoms with Crippen molar-refractivity contribution in [3.63, 3.8) is 0 Å². The van der Waals surface area contributed by atoms with Crippen molar-refractivity contribution in [1.82, 2.24) is 19.6 Å². The molecule has 0 spiro atoms. The van der Waals surface area contributed by atoms with Crippen LogP contribution in [0.3, 0.4) is 0 Å². The second-order valence-corrected chi connectivity index (χ2v) is 6.40. The van der Waals surface area contributed by atoms with Gasteiger partial charge < -0.3 is 14.8 Å². The highest BCUT2D eigenvalue weighted by molar-refractivity contribution is 7.18. The molecule has 0 aromatic carbocycles. The maximum atomic E-state index is 9.07. The minimum atomic E-state index is 0.0173. The van der Waals surface area contributed by atoms with Crippen molar-refractivity contribution in [3.8, 4) is 11.6 Å². The molecule has 4 heterocycles. The maximum Gasteiger partial charge on any atom is 0.227 e. The van der Waals surface area contributed by atoms with Crippen LogP contribution in [0.5, 0.6) is 0 Å². The Hall–Kier alpha value is -2.45. The number of aromatic nitrogens is 4. The second kappa shape index (κ2) is 5.32. The van der Waals surface area contributed by atoms with E-state index < -0.39 is 0 Å². The molecule has 2 N–H and O–H groups in total. The van der Waals surface area contributed by atoms with Crippen LogP contribution in [0, 0.1) is 13.8 Å². The second-order valence-electron chi connectivity index (χ2n) is 5.20. The zero-order valence-electron chi connectivity index (χ0n) is 12.7. The van der Waals surface area contributed by atoms with Crippen LogP contribution >= 0.6 is 11.3 Å². The summed E-state index contributed by atoms with van der Waals surface area (Å²) in [7, 11) is 0. The zero-order chi connectivity index (χ0) is 16.0. The molecule has 0 fully saturated rings. The number of fused-ring (bicyclic) bond motifs is 3. The normalized spacial score (nSPS) is 11.6. The van der Waals surface area contributed by atoms with Gasteiger partial charge in [0.25, 0.3) is 0 Å². The first-order valence-electron chi connectivity index (χ1n) is 7.24. The minimum Gasteiger partial charge on any atom is -0.461 e. The molecule has 4 aromatic rings. The third-order valence-corrected chi connectivity index (χ3v) is 4.84. The first-order chi connectivity index (χ1) is 11.2. The lowest BCUT2D eigenvalue weighted by atomic mass is 10.2. The Morgan fingerprint density at radius 2 is 2.22 bits per heavy atom. The Balaban J connectivity index is 2.03. The molecule has 0 aliphatic carbocycles. The predicted octanol–water partition coefficient (Wildman–Crippen LogP) is 2.62. The van der Waals surface area contributed by atoms with Gasteiger partial charge in [-0.15, -0.1) is 16.4 Å². The molecule has 7 nitrogen and oxygen atoms in total. The number of anilines is 1. The molecule has 0 aliphatic rings. The topological polar surface area (TPSA) is 88.5 Å². The number of aliphatic hydroxyl groups is 1. The summed E-state index contributed by atoms with van der Waals surface area (Å²) in [4.78, 5) is 11.4. The Morgan fingerprint density at radius 1 is 1.35 bits per heavy atom. The first kappa shape index (κ1) is 14.2. The Labute approximate surface area is 135 Å². The van der Waals surface area contributed by atoms with Gasteiger partial charge >= 0.3 is 0 Å². The predicted molar refractivity (Wildman–Crippen MR) is 88.9 cm³/mol. The number of aliphatic hydroxyl groups excluding tert-OH is 1. The molecule has 0 atom stereocenters. The van der Waals surface area contributed by atoms with Gasteiger partial charge in [-0.3, -0.25) is 0 Å². The summed E-state index contributed by atoms with van der Waals surface area (Å²) in [6.45, 7) is 4.55. The van der Waals surface area contributed by atoms with Crippen LogP contribution in [-0.4, -0.2) is 37.8 Å². The lowest BCUT2D eigenvalue weighted by Crippen LogP contribution is -2.11. The van der Waals surface area contributed by atoms with Crippen LogP contribution in [0.15, 0.2) is 22.8 Å². The molecule has 0 saturated heterocycles. The van der Waals surface area contributed by atoms with E-state index in [1.807, 2.05) is 6.07 Å². The van der Waals surface area contributed by atoms with E-state index in [0.717, 1.165) is 21.4 Å². The molecule has 0 radical (unpaired) electrons. The van der Waals surface area contributed by atoms with Gasteiger partial charge in [0.2, 0.25) is 11.8 Å². The molecule has 23 heavy (non-hydrogen) atoms. The van der Waals surface area contributed by atoms with Crippen LogP contribution in [0.25, 0.3) is 27.4 Å². The SMILES string of the molecule is Cc1sc2nc(NCCO)n3nc(-c4ccco4)nc3c2c1C. The lowest BCUT2D eigenvalue weighted by Gasteiger charge is -2.05. The fourth-order valence-corrected chi connectivity index (χ4v) is 3.53. The standard InChI is InChI=1S/C15H15N5O2S/c1-8-9(2)23-14-11(8)13-17-12(10-4-3-7-22-10)19-20(13)15(18-14)16-5-6-21/h3-4,7,21H,5-6H2,1-2H3,(H,16,18). The van der Waals surface area contributed by atoms with E-state index in [2.05, 4.69) is 34.2 Å². The van der Waals surface area contributed by atoms with Crippen molar-refractivity contribution in [2.24, 2.45) is 0 Å². The van der Waals surface area contributed by atoms with Crippen LogP contribution in [0.1, 0.15) is 10.4 Å². The summed E-state index contributed by atoms with van der Waals surface area (Å²) < 4.78 is 7.08. The molecule has 4 rings (SSSR count). The zero-order valence-corrected chi connectivity index (χ0v) is 13.5. The van der Waals surface area contributed by atoms with Gasteiger partial charge in [0, 0.05) is 11.4 Å². The summed E-state index contributed by atoms with van der Waals surface area (Å²) in [6.07, 6.45) is 1.60. The molecule has 0 amide bonds. The number of thiophene rings is 1. The number of nitrogens with zero attached hydrogens (tertiary/aromatic N) is 4. The molecule has 118 valence electrons. The molecular weight excluding hydrogens is 314 g/mol. The number of nitrogens with one attached hydrogen (secondary N) is 1. The third-order valence-electron chi connectivity index (χ3n) is 3.74. The van der Waals surface area contributed by atoms with Gasteiger partial charge in [0.15, 0.2) is 11.4 Å². The van der Waals surface area contributed by atoms with Gasteiger partial charge in [0.05, 0.1) is 18.3 Å². The van der Waals surface area contributed by atoms with Gasteiger partial charge in [-0.05, 0) is 31.5 Å². The van der Waals surface area contributed by atoms with Gasteiger partial charge in [-0.2, -0.15) is 4.52 Å². The van der Waals surface area contributed by atoms with E-state index in [9.17, 15) is 0 Å². The van der Waals surface area contributed by atoms with E-state index in [1.54, 1.807) is 28.2 Å². The van der Waals surface area contributed by atoms with Crippen LogP contribution in [0.2, 0.25) is 0 Å². The van der Waals surface area contributed by atoms with Crippen molar-refractivity contribution in [2.75, 3.05) is 18.5 Å². The summed E-state index contributed by atoms with van der Waals surface area (Å²) in [5.41, 5.74) is 1.90. The lowest BCUT2D eigenvalue weighted by molar-refractivity contribution is 0.310. The number of rotatable bonds is 4. The third kappa shape index (κ3) is 2.18. The highest BCUT2D eigenvalue weighted by Gasteiger charge is 2.19. The van der Waals surface area contributed by atoms with Crippen LogP contribution in [-0.2, 0) is 0 Å². The van der Waals surface area contributed by atoms with Crippen molar-refractivity contribution in [3.05, 3.63) is 28.8 Å². The van der Waals surface area contributed by atoms with Gasteiger partial charge in [0.1, 0.15) is 4.83 Å². The number of hydrogen-bond donors (Lipinski definition) is 2. The average molecular weight is 329 g/mol. The fourth-order valence-electron chi connectivity index (χ4n) is 2.51. The molecule has 0 aliphatic heterocycles.